The Labute approximate surface area is 197 Å². The van der Waals surface area contributed by atoms with E-state index in [0.29, 0.717) is 12.6 Å². The number of benzene rings is 1. The lowest BCUT2D eigenvalue weighted by Gasteiger charge is -2.25. The maximum atomic E-state index is 5.47. The van der Waals surface area contributed by atoms with E-state index < -0.39 is 0 Å². The summed E-state index contributed by atoms with van der Waals surface area (Å²) in [5, 5.41) is 7.79. The van der Waals surface area contributed by atoms with Crippen molar-refractivity contribution < 1.29 is 9.47 Å². The first kappa shape index (κ1) is 26.2. The number of nitrogens with one attached hydrogen (secondary N) is 2. The highest BCUT2D eigenvalue weighted by molar-refractivity contribution is 14.0. The highest BCUT2D eigenvalue weighted by Crippen LogP contribution is 2.31. The largest absolute Gasteiger partial charge is 0.493 e. The number of ether oxygens (including phenoxy) is 2. The van der Waals surface area contributed by atoms with E-state index in [1.165, 1.54) is 19.3 Å². The monoisotopic (exact) mass is 536 g/mol. The van der Waals surface area contributed by atoms with Gasteiger partial charge in [-0.15, -0.1) is 24.0 Å². The van der Waals surface area contributed by atoms with Crippen molar-refractivity contribution in [3.05, 3.63) is 23.8 Å². The molecule has 0 aromatic heterocycles. The van der Waals surface area contributed by atoms with Crippen molar-refractivity contribution in [1.82, 2.24) is 15.5 Å². The van der Waals surface area contributed by atoms with Crippen molar-refractivity contribution in [3.63, 3.8) is 0 Å². The van der Waals surface area contributed by atoms with Gasteiger partial charge >= 0.3 is 0 Å². The van der Waals surface area contributed by atoms with Crippen LogP contribution in [0.25, 0.3) is 0 Å². The molecular formula is C21H37IN4O2S. The zero-order chi connectivity index (χ0) is 20.5. The second kappa shape index (κ2) is 13.4. The maximum absolute atomic E-state index is 5.47. The average molecular weight is 537 g/mol. The predicted octanol–water partition coefficient (Wildman–Crippen LogP) is 3.76. The Balaban J connectivity index is 0.00000420. The summed E-state index contributed by atoms with van der Waals surface area (Å²) in [7, 11) is 7.49. The zero-order valence-corrected chi connectivity index (χ0v) is 21.7. The molecule has 8 heteroatoms. The normalized spacial score (nSPS) is 20.2. The van der Waals surface area contributed by atoms with Crippen LogP contribution in [0.15, 0.2) is 23.2 Å². The van der Waals surface area contributed by atoms with Gasteiger partial charge in [-0.3, -0.25) is 4.99 Å². The highest BCUT2D eigenvalue weighted by atomic mass is 127. The molecular weight excluding hydrogens is 499 g/mol. The van der Waals surface area contributed by atoms with E-state index in [2.05, 4.69) is 48.9 Å². The van der Waals surface area contributed by atoms with E-state index >= 15 is 0 Å². The molecule has 3 atom stereocenters. The smallest absolute Gasteiger partial charge is 0.191 e. The lowest BCUT2D eigenvalue weighted by atomic mass is 10.1. The fourth-order valence-corrected chi connectivity index (χ4v) is 4.40. The summed E-state index contributed by atoms with van der Waals surface area (Å²) >= 11 is 1.97. The number of halogens is 1. The molecule has 1 aromatic rings. The molecule has 3 unspecified atom stereocenters. The van der Waals surface area contributed by atoms with Crippen molar-refractivity contribution in [2.24, 2.45) is 4.99 Å². The number of likely N-dealkylation sites (N-methyl/N-ethyl adjacent to an activating group) is 1. The van der Waals surface area contributed by atoms with Crippen LogP contribution in [-0.4, -0.2) is 69.8 Å². The maximum Gasteiger partial charge on any atom is 0.191 e. The van der Waals surface area contributed by atoms with Gasteiger partial charge in [0.15, 0.2) is 17.5 Å². The molecule has 1 aliphatic rings. The first-order valence-electron chi connectivity index (χ1n) is 9.98. The number of hydrogen-bond donors (Lipinski definition) is 2. The molecule has 1 aromatic carbocycles. The van der Waals surface area contributed by atoms with Gasteiger partial charge in [-0.2, -0.15) is 11.8 Å². The first-order valence-corrected chi connectivity index (χ1v) is 11.3. The minimum Gasteiger partial charge on any atom is -0.493 e. The molecule has 2 N–H and O–H groups in total. The standard InChI is InChI=1S/C21H36N4O2S.HI/c1-7-22-21(24-16-9-10-17(13-16)28-6)23-14-18(25(2)3)15-8-11-19(26-4)20(12-15)27-5;/h8,11-12,16-18H,7,9-10,13-14H2,1-6H3,(H2,22,23,24);1H. The minimum absolute atomic E-state index is 0. The number of thioether (sulfide) groups is 1. The quantitative estimate of drug-likeness (QED) is 0.285. The van der Waals surface area contributed by atoms with E-state index in [-0.39, 0.29) is 30.0 Å². The number of rotatable bonds is 9. The van der Waals surface area contributed by atoms with Crippen molar-refractivity contribution >= 4 is 41.7 Å². The Bertz CT molecular complexity index is 645. The number of guanidine groups is 1. The molecule has 0 amide bonds. The fourth-order valence-electron chi connectivity index (χ4n) is 3.60. The van der Waals surface area contributed by atoms with Crippen molar-refractivity contribution in [1.29, 1.82) is 0 Å². The average Bonchev–Trinajstić information content (AvgIpc) is 3.15. The number of hydrogen-bond acceptors (Lipinski definition) is 5. The van der Waals surface area contributed by atoms with Gasteiger partial charge in [0.2, 0.25) is 0 Å². The third-order valence-corrected chi connectivity index (χ3v) is 6.34. The van der Waals surface area contributed by atoms with Crippen molar-refractivity contribution in [3.8, 4) is 11.5 Å². The predicted molar refractivity (Wildman–Crippen MR) is 135 cm³/mol. The Morgan fingerprint density at radius 2 is 1.97 bits per heavy atom. The Morgan fingerprint density at radius 1 is 1.24 bits per heavy atom. The summed E-state index contributed by atoms with van der Waals surface area (Å²) < 4.78 is 10.8. The molecule has 1 fully saturated rings. The molecule has 0 saturated heterocycles. The number of methoxy groups -OCH3 is 2. The summed E-state index contributed by atoms with van der Waals surface area (Å²) in [5.41, 5.74) is 1.16. The molecule has 0 aliphatic heterocycles. The van der Waals surface area contributed by atoms with Crippen LogP contribution in [0.4, 0.5) is 0 Å². The molecule has 0 heterocycles. The van der Waals surface area contributed by atoms with Crippen molar-refractivity contribution in [2.75, 3.05) is 47.7 Å². The van der Waals surface area contributed by atoms with Gasteiger partial charge in [0.25, 0.3) is 0 Å². The molecule has 1 saturated carbocycles. The van der Waals surface area contributed by atoms with E-state index in [1.807, 2.05) is 23.9 Å². The van der Waals surface area contributed by atoms with Gasteiger partial charge in [-0.05, 0) is 64.2 Å². The lowest BCUT2D eigenvalue weighted by Crippen LogP contribution is -2.43. The first-order chi connectivity index (χ1) is 13.5. The molecule has 0 spiro atoms. The van der Waals surface area contributed by atoms with Crippen LogP contribution in [-0.2, 0) is 0 Å². The number of nitrogens with zero attached hydrogens (tertiary/aromatic N) is 2. The summed E-state index contributed by atoms with van der Waals surface area (Å²) in [6.45, 7) is 3.62. The van der Waals surface area contributed by atoms with Crippen LogP contribution in [0, 0.1) is 0 Å². The Morgan fingerprint density at radius 3 is 2.52 bits per heavy atom. The van der Waals surface area contributed by atoms with E-state index in [1.54, 1.807) is 14.2 Å². The molecule has 2 rings (SSSR count). The lowest BCUT2D eigenvalue weighted by molar-refractivity contribution is 0.303. The summed E-state index contributed by atoms with van der Waals surface area (Å²) in [6, 6.07) is 6.74. The zero-order valence-electron chi connectivity index (χ0n) is 18.5. The van der Waals surface area contributed by atoms with Gasteiger partial charge in [-0.25, -0.2) is 0 Å². The van der Waals surface area contributed by atoms with Gasteiger partial charge in [0, 0.05) is 17.8 Å². The third kappa shape index (κ3) is 7.71. The highest BCUT2D eigenvalue weighted by Gasteiger charge is 2.24. The second-order valence-electron chi connectivity index (χ2n) is 7.33. The molecule has 0 radical (unpaired) electrons. The molecule has 6 nitrogen and oxygen atoms in total. The SMILES string of the molecule is CCNC(=NCC(c1ccc(OC)c(OC)c1)N(C)C)NC1CCC(SC)C1.I. The molecule has 29 heavy (non-hydrogen) atoms. The van der Waals surface area contributed by atoms with Crippen LogP contribution in [0.1, 0.15) is 37.8 Å². The second-order valence-corrected chi connectivity index (χ2v) is 8.46. The Kier molecular flexibility index (Phi) is 12.1. The van der Waals surface area contributed by atoms with E-state index in [4.69, 9.17) is 14.5 Å². The number of aliphatic imine (C=N–C) groups is 1. The minimum atomic E-state index is 0. The van der Waals surface area contributed by atoms with Gasteiger partial charge in [-0.1, -0.05) is 6.07 Å². The van der Waals surface area contributed by atoms with Crippen LogP contribution >= 0.6 is 35.7 Å². The van der Waals surface area contributed by atoms with Gasteiger partial charge < -0.3 is 25.0 Å². The fraction of sp³-hybridized carbons (Fsp3) is 0.667. The van der Waals surface area contributed by atoms with E-state index in [9.17, 15) is 0 Å². The molecule has 166 valence electrons. The van der Waals surface area contributed by atoms with Crippen LogP contribution in [0.2, 0.25) is 0 Å². The summed E-state index contributed by atoms with van der Waals surface area (Å²) in [6.07, 6.45) is 5.91. The van der Waals surface area contributed by atoms with E-state index in [0.717, 1.165) is 34.8 Å². The third-order valence-electron chi connectivity index (χ3n) is 5.24. The Hall–Kier alpha value is -0.870. The molecule has 1 aliphatic carbocycles. The summed E-state index contributed by atoms with van der Waals surface area (Å²) in [4.78, 5) is 7.09. The van der Waals surface area contributed by atoms with Crippen LogP contribution < -0.4 is 20.1 Å². The van der Waals surface area contributed by atoms with Gasteiger partial charge in [0.05, 0.1) is 26.8 Å². The van der Waals surface area contributed by atoms with Crippen molar-refractivity contribution in [2.45, 2.75) is 43.5 Å². The van der Waals surface area contributed by atoms with Crippen LogP contribution in [0.3, 0.4) is 0 Å². The summed E-state index contributed by atoms with van der Waals surface area (Å²) in [5.74, 6) is 2.39. The molecule has 0 bridgehead atoms. The topological polar surface area (TPSA) is 58.1 Å². The van der Waals surface area contributed by atoms with Gasteiger partial charge in [0.1, 0.15) is 0 Å². The van der Waals surface area contributed by atoms with Crippen LogP contribution in [0.5, 0.6) is 11.5 Å².